The molecule has 100 valence electrons. The first-order chi connectivity index (χ1) is 8.95. The molecule has 0 amide bonds. The fourth-order valence-electron chi connectivity index (χ4n) is 2.03. The third-order valence-corrected chi connectivity index (χ3v) is 3.02. The summed E-state index contributed by atoms with van der Waals surface area (Å²) in [7, 11) is 0. The van der Waals surface area contributed by atoms with Crippen LogP contribution in [0.1, 0.15) is 24.8 Å². The van der Waals surface area contributed by atoms with Crippen LogP contribution in [-0.2, 0) is 16.0 Å². The van der Waals surface area contributed by atoms with Crippen molar-refractivity contribution in [3.63, 3.8) is 0 Å². The summed E-state index contributed by atoms with van der Waals surface area (Å²) in [5.41, 5.74) is 1.22. The first-order valence-corrected chi connectivity index (χ1v) is 6.74. The van der Waals surface area contributed by atoms with Gasteiger partial charge in [0.25, 0.3) is 0 Å². The van der Waals surface area contributed by atoms with Gasteiger partial charge in [0.1, 0.15) is 0 Å². The van der Waals surface area contributed by atoms with E-state index in [1.54, 1.807) is 6.20 Å². The Balaban J connectivity index is 1.42. The van der Waals surface area contributed by atoms with Gasteiger partial charge in [0.2, 0.25) is 0 Å². The number of nitrogens with zero attached hydrogens (tertiary/aromatic N) is 1. The van der Waals surface area contributed by atoms with E-state index in [1.807, 2.05) is 12.3 Å². The minimum atomic E-state index is 0.341. The Bertz CT molecular complexity index is 313. The van der Waals surface area contributed by atoms with Crippen LogP contribution in [-0.4, -0.2) is 37.5 Å². The van der Waals surface area contributed by atoms with Crippen LogP contribution < -0.4 is 5.32 Å². The van der Waals surface area contributed by atoms with Crippen molar-refractivity contribution in [1.29, 1.82) is 0 Å². The van der Waals surface area contributed by atoms with E-state index in [9.17, 15) is 0 Å². The zero-order valence-electron chi connectivity index (χ0n) is 10.8. The highest BCUT2D eigenvalue weighted by atomic mass is 16.5. The van der Waals surface area contributed by atoms with Crippen molar-refractivity contribution < 1.29 is 9.47 Å². The van der Waals surface area contributed by atoms with Gasteiger partial charge in [-0.05, 0) is 37.4 Å². The molecular weight excluding hydrogens is 228 g/mol. The Labute approximate surface area is 109 Å². The quantitative estimate of drug-likeness (QED) is 0.714. The summed E-state index contributed by atoms with van der Waals surface area (Å²) >= 11 is 0. The van der Waals surface area contributed by atoms with Crippen LogP contribution in [0.4, 0.5) is 0 Å². The molecular formula is C14H22N2O2. The van der Waals surface area contributed by atoms with Crippen LogP contribution in [0.5, 0.6) is 0 Å². The molecule has 1 N–H and O–H groups in total. The maximum atomic E-state index is 5.59. The summed E-state index contributed by atoms with van der Waals surface area (Å²) in [5, 5.41) is 3.38. The Kier molecular flexibility index (Phi) is 6.12. The maximum Gasteiger partial charge on any atom is 0.0809 e. The second kappa shape index (κ2) is 8.19. The third-order valence-electron chi connectivity index (χ3n) is 3.02. The minimum absolute atomic E-state index is 0.341. The smallest absolute Gasteiger partial charge is 0.0809 e. The fraction of sp³-hybridized carbons (Fsp3) is 0.643. The van der Waals surface area contributed by atoms with Gasteiger partial charge < -0.3 is 14.8 Å². The number of pyridine rings is 1. The molecule has 0 bridgehead atoms. The summed E-state index contributed by atoms with van der Waals surface area (Å²) in [6, 6.07) is 4.04. The van der Waals surface area contributed by atoms with E-state index in [4.69, 9.17) is 9.47 Å². The number of nitrogens with one attached hydrogen (secondary N) is 1. The van der Waals surface area contributed by atoms with Crippen molar-refractivity contribution >= 4 is 0 Å². The maximum absolute atomic E-state index is 5.59. The average molecular weight is 250 g/mol. The Morgan fingerprint density at radius 2 is 2.50 bits per heavy atom. The molecule has 2 heterocycles. The van der Waals surface area contributed by atoms with Gasteiger partial charge in [0, 0.05) is 32.2 Å². The van der Waals surface area contributed by atoms with E-state index in [0.29, 0.717) is 6.10 Å². The van der Waals surface area contributed by atoms with Crippen LogP contribution in [0.15, 0.2) is 24.5 Å². The van der Waals surface area contributed by atoms with Crippen molar-refractivity contribution in [2.24, 2.45) is 0 Å². The molecule has 0 aliphatic carbocycles. The Hall–Kier alpha value is -0.970. The summed E-state index contributed by atoms with van der Waals surface area (Å²) in [6.07, 6.45) is 7.39. The van der Waals surface area contributed by atoms with E-state index in [0.717, 1.165) is 45.8 Å². The highest BCUT2D eigenvalue weighted by Gasteiger charge is 2.14. The highest BCUT2D eigenvalue weighted by molar-refractivity contribution is 5.07. The zero-order chi connectivity index (χ0) is 12.5. The topological polar surface area (TPSA) is 43.4 Å². The largest absolute Gasteiger partial charge is 0.379 e. The number of hydrogen-bond acceptors (Lipinski definition) is 4. The lowest BCUT2D eigenvalue weighted by Crippen LogP contribution is -2.19. The van der Waals surface area contributed by atoms with Gasteiger partial charge in [-0.2, -0.15) is 0 Å². The monoisotopic (exact) mass is 250 g/mol. The standard InChI is InChI=1S/C14H22N2O2/c1-4-13(10-15-6-1)11-16-7-3-8-17-12-14-5-2-9-18-14/h1,4,6,10,14,16H,2-3,5,7-9,11-12H2. The molecule has 0 radical (unpaired) electrons. The van der Waals surface area contributed by atoms with Gasteiger partial charge in [-0.15, -0.1) is 0 Å². The van der Waals surface area contributed by atoms with Gasteiger partial charge >= 0.3 is 0 Å². The van der Waals surface area contributed by atoms with Gasteiger partial charge in [-0.1, -0.05) is 6.07 Å². The van der Waals surface area contributed by atoms with Gasteiger partial charge in [-0.3, -0.25) is 4.98 Å². The lowest BCUT2D eigenvalue weighted by molar-refractivity contribution is 0.0166. The predicted molar refractivity (Wildman–Crippen MR) is 70.4 cm³/mol. The van der Waals surface area contributed by atoms with Crippen LogP contribution in [0.2, 0.25) is 0 Å². The van der Waals surface area contributed by atoms with E-state index >= 15 is 0 Å². The van der Waals surface area contributed by atoms with Crippen LogP contribution in [0.3, 0.4) is 0 Å². The van der Waals surface area contributed by atoms with Crippen molar-refractivity contribution in [1.82, 2.24) is 10.3 Å². The number of hydrogen-bond donors (Lipinski definition) is 1. The first-order valence-electron chi connectivity index (χ1n) is 6.74. The molecule has 4 nitrogen and oxygen atoms in total. The molecule has 18 heavy (non-hydrogen) atoms. The van der Waals surface area contributed by atoms with Crippen LogP contribution >= 0.6 is 0 Å². The molecule has 1 saturated heterocycles. The van der Waals surface area contributed by atoms with Gasteiger partial charge in [0.15, 0.2) is 0 Å². The van der Waals surface area contributed by atoms with Crippen molar-refractivity contribution in [2.45, 2.75) is 31.9 Å². The van der Waals surface area contributed by atoms with Gasteiger partial charge in [0.05, 0.1) is 12.7 Å². The summed E-state index contributed by atoms with van der Waals surface area (Å²) in [5.74, 6) is 0. The molecule has 0 aromatic carbocycles. The van der Waals surface area contributed by atoms with E-state index in [-0.39, 0.29) is 0 Å². The van der Waals surface area contributed by atoms with Crippen LogP contribution in [0, 0.1) is 0 Å². The molecule has 1 unspecified atom stereocenters. The van der Waals surface area contributed by atoms with Crippen molar-refractivity contribution in [3.05, 3.63) is 30.1 Å². The molecule has 1 fully saturated rings. The van der Waals surface area contributed by atoms with Crippen molar-refractivity contribution in [2.75, 3.05) is 26.4 Å². The fourth-order valence-corrected chi connectivity index (χ4v) is 2.03. The third kappa shape index (κ3) is 5.12. The molecule has 1 aromatic rings. The number of rotatable bonds is 8. The lowest BCUT2D eigenvalue weighted by Gasteiger charge is -2.10. The molecule has 2 rings (SSSR count). The van der Waals surface area contributed by atoms with Crippen molar-refractivity contribution in [3.8, 4) is 0 Å². The zero-order valence-corrected chi connectivity index (χ0v) is 10.8. The molecule has 4 heteroatoms. The van der Waals surface area contributed by atoms with E-state index in [2.05, 4.69) is 16.4 Å². The molecule has 1 aromatic heterocycles. The molecule has 0 saturated carbocycles. The van der Waals surface area contributed by atoms with E-state index in [1.165, 1.54) is 12.0 Å². The number of aromatic nitrogens is 1. The summed E-state index contributed by atoms with van der Waals surface area (Å²) < 4.78 is 11.1. The molecule has 1 atom stereocenters. The summed E-state index contributed by atoms with van der Waals surface area (Å²) in [4.78, 5) is 4.08. The second-order valence-corrected chi connectivity index (χ2v) is 4.60. The highest BCUT2D eigenvalue weighted by Crippen LogP contribution is 2.11. The number of ether oxygens (including phenoxy) is 2. The van der Waals surface area contributed by atoms with E-state index < -0.39 is 0 Å². The lowest BCUT2D eigenvalue weighted by atomic mass is 10.2. The molecule has 1 aliphatic heterocycles. The minimum Gasteiger partial charge on any atom is -0.379 e. The van der Waals surface area contributed by atoms with Gasteiger partial charge in [-0.25, -0.2) is 0 Å². The normalized spacial score (nSPS) is 19.2. The Morgan fingerprint density at radius 3 is 3.28 bits per heavy atom. The SMILES string of the molecule is c1cncc(CNCCCOCC2CCCO2)c1. The Morgan fingerprint density at radius 1 is 1.50 bits per heavy atom. The first kappa shape index (κ1) is 13.5. The summed E-state index contributed by atoms with van der Waals surface area (Å²) in [6.45, 7) is 4.31. The predicted octanol–water partition coefficient (Wildman–Crippen LogP) is 1.76. The second-order valence-electron chi connectivity index (χ2n) is 4.60. The average Bonchev–Trinajstić information content (AvgIpc) is 2.92. The molecule has 0 spiro atoms. The molecule has 1 aliphatic rings. The van der Waals surface area contributed by atoms with Crippen LogP contribution in [0.25, 0.3) is 0 Å².